The third kappa shape index (κ3) is 6.39. The first-order valence-corrected chi connectivity index (χ1v) is 9.00. The molecule has 0 aliphatic rings. The van der Waals surface area contributed by atoms with Crippen molar-refractivity contribution >= 4 is 23.4 Å². The summed E-state index contributed by atoms with van der Waals surface area (Å²) in [6.45, 7) is 0.516. The van der Waals surface area contributed by atoms with Gasteiger partial charge in [-0.05, 0) is 50.0 Å². The average molecular weight is 400 g/mol. The molecule has 0 radical (unpaired) electrons. The van der Waals surface area contributed by atoms with Gasteiger partial charge in [0.1, 0.15) is 5.82 Å². The van der Waals surface area contributed by atoms with Gasteiger partial charge in [0.25, 0.3) is 5.91 Å². The molecule has 0 spiro atoms. The third-order valence-electron chi connectivity index (χ3n) is 4.03. The first kappa shape index (κ1) is 22.0. The molecule has 2 aromatic carbocycles. The van der Waals surface area contributed by atoms with Crippen LogP contribution < -0.4 is 10.6 Å². The van der Waals surface area contributed by atoms with E-state index in [9.17, 15) is 18.8 Å². The highest BCUT2D eigenvalue weighted by atomic mass is 19.1. The minimum atomic E-state index is -0.852. The molecule has 0 aromatic heterocycles. The minimum absolute atomic E-state index is 0.0894. The van der Waals surface area contributed by atoms with Crippen LogP contribution in [0.25, 0.3) is 0 Å². The van der Waals surface area contributed by atoms with Crippen LogP contribution in [0.4, 0.5) is 10.1 Å². The molecule has 0 saturated carbocycles. The summed E-state index contributed by atoms with van der Waals surface area (Å²) < 4.78 is 13.8. The Hall–Kier alpha value is -3.26. The molecule has 0 fully saturated rings. The largest absolute Gasteiger partial charge is 0.345 e. The number of carbonyl (C=O) groups is 3. The quantitative estimate of drug-likeness (QED) is 0.725. The second-order valence-electron chi connectivity index (χ2n) is 7.08. The van der Waals surface area contributed by atoms with E-state index in [1.165, 1.54) is 17.0 Å². The standard InChI is InChI=1S/C21H25FN4O3/c1-25(2)13-16-10-14(8-9-18(16)22)12-23-19(27)20(28)24-17-7-5-6-15(11-17)21(29)26(3)4/h5-11H,12-13H2,1-4H3,(H,23,27)(H,24,28). The van der Waals surface area contributed by atoms with Gasteiger partial charge in [0, 0.05) is 44.0 Å². The topological polar surface area (TPSA) is 81.8 Å². The molecule has 0 bridgehead atoms. The number of hydrogen-bond acceptors (Lipinski definition) is 4. The number of rotatable bonds is 6. The highest BCUT2D eigenvalue weighted by Crippen LogP contribution is 2.13. The van der Waals surface area contributed by atoms with Gasteiger partial charge in [0.15, 0.2) is 0 Å². The summed E-state index contributed by atoms with van der Waals surface area (Å²) in [5, 5.41) is 4.98. The Bertz CT molecular complexity index is 913. The van der Waals surface area contributed by atoms with Crippen LogP contribution in [0, 0.1) is 5.82 Å². The molecule has 0 atom stereocenters. The van der Waals surface area contributed by atoms with E-state index in [4.69, 9.17) is 0 Å². The van der Waals surface area contributed by atoms with E-state index < -0.39 is 11.8 Å². The smallest absolute Gasteiger partial charge is 0.313 e. The van der Waals surface area contributed by atoms with Gasteiger partial charge in [-0.25, -0.2) is 4.39 Å². The average Bonchev–Trinajstić information content (AvgIpc) is 2.67. The maximum Gasteiger partial charge on any atom is 0.313 e. The zero-order valence-corrected chi connectivity index (χ0v) is 17.0. The molecule has 154 valence electrons. The van der Waals surface area contributed by atoms with E-state index in [1.807, 2.05) is 19.0 Å². The number of carbonyl (C=O) groups excluding carboxylic acids is 3. The van der Waals surface area contributed by atoms with Gasteiger partial charge in [0.2, 0.25) is 0 Å². The lowest BCUT2D eigenvalue weighted by atomic mass is 10.1. The van der Waals surface area contributed by atoms with Crippen LogP contribution >= 0.6 is 0 Å². The second kappa shape index (κ2) is 9.79. The van der Waals surface area contributed by atoms with Crippen LogP contribution in [0.5, 0.6) is 0 Å². The Morgan fingerprint density at radius 1 is 0.966 bits per heavy atom. The predicted molar refractivity (Wildman–Crippen MR) is 109 cm³/mol. The Balaban J connectivity index is 1.97. The highest BCUT2D eigenvalue weighted by Gasteiger charge is 2.15. The van der Waals surface area contributed by atoms with Gasteiger partial charge in [-0.2, -0.15) is 0 Å². The van der Waals surface area contributed by atoms with Crippen molar-refractivity contribution in [3.63, 3.8) is 0 Å². The number of halogens is 1. The fraction of sp³-hybridized carbons (Fsp3) is 0.286. The summed E-state index contributed by atoms with van der Waals surface area (Å²) in [7, 11) is 6.92. The normalized spacial score (nSPS) is 10.6. The van der Waals surface area contributed by atoms with E-state index >= 15 is 0 Å². The number of amides is 3. The number of benzene rings is 2. The van der Waals surface area contributed by atoms with Crippen molar-refractivity contribution in [1.29, 1.82) is 0 Å². The first-order chi connectivity index (χ1) is 13.7. The fourth-order valence-electron chi connectivity index (χ4n) is 2.64. The molecular weight excluding hydrogens is 375 g/mol. The first-order valence-electron chi connectivity index (χ1n) is 9.00. The Kier molecular flexibility index (Phi) is 7.44. The van der Waals surface area contributed by atoms with Crippen LogP contribution in [-0.4, -0.2) is 55.7 Å². The molecule has 29 heavy (non-hydrogen) atoms. The molecule has 8 heteroatoms. The summed E-state index contributed by atoms with van der Waals surface area (Å²) in [5.74, 6) is -2.21. The van der Waals surface area contributed by atoms with E-state index in [1.54, 1.807) is 44.4 Å². The maximum absolute atomic E-state index is 13.8. The molecule has 0 aliphatic heterocycles. The molecule has 2 aromatic rings. The van der Waals surface area contributed by atoms with Crippen molar-refractivity contribution < 1.29 is 18.8 Å². The Morgan fingerprint density at radius 3 is 2.34 bits per heavy atom. The molecule has 3 amide bonds. The minimum Gasteiger partial charge on any atom is -0.345 e. The van der Waals surface area contributed by atoms with Crippen LogP contribution in [0.15, 0.2) is 42.5 Å². The molecule has 0 aliphatic carbocycles. The third-order valence-corrected chi connectivity index (χ3v) is 4.03. The lowest BCUT2D eigenvalue weighted by Crippen LogP contribution is -2.35. The van der Waals surface area contributed by atoms with Crippen molar-refractivity contribution in [2.24, 2.45) is 0 Å². The van der Waals surface area contributed by atoms with Crippen LogP contribution in [0.3, 0.4) is 0 Å². The van der Waals surface area contributed by atoms with Gasteiger partial charge in [-0.3, -0.25) is 14.4 Å². The highest BCUT2D eigenvalue weighted by molar-refractivity contribution is 6.39. The number of nitrogens with zero attached hydrogens (tertiary/aromatic N) is 2. The molecule has 2 rings (SSSR count). The van der Waals surface area contributed by atoms with Crippen LogP contribution in [0.2, 0.25) is 0 Å². The summed E-state index contributed by atoms with van der Waals surface area (Å²) in [6, 6.07) is 10.9. The maximum atomic E-state index is 13.8. The molecule has 7 nitrogen and oxygen atoms in total. The summed E-state index contributed by atoms with van der Waals surface area (Å²) in [6.07, 6.45) is 0. The molecular formula is C21H25FN4O3. The van der Waals surface area contributed by atoms with Crippen LogP contribution in [0.1, 0.15) is 21.5 Å². The van der Waals surface area contributed by atoms with E-state index in [-0.39, 0.29) is 18.3 Å². The lowest BCUT2D eigenvalue weighted by Gasteiger charge is -2.13. The Morgan fingerprint density at radius 2 is 1.69 bits per heavy atom. The molecule has 2 N–H and O–H groups in total. The predicted octanol–water partition coefficient (Wildman–Crippen LogP) is 1.84. The zero-order chi connectivity index (χ0) is 21.6. The van der Waals surface area contributed by atoms with Gasteiger partial charge in [-0.15, -0.1) is 0 Å². The number of nitrogens with one attached hydrogen (secondary N) is 2. The van der Waals surface area contributed by atoms with Crippen molar-refractivity contribution in [2.75, 3.05) is 33.5 Å². The monoisotopic (exact) mass is 400 g/mol. The molecule has 0 unspecified atom stereocenters. The molecule has 0 heterocycles. The van der Waals surface area contributed by atoms with Crippen molar-refractivity contribution in [3.05, 3.63) is 65.0 Å². The summed E-state index contributed by atoms with van der Waals surface area (Å²) >= 11 is 0. The molecule has 0 saturated heterocycles. The number of hydrogen-bond donors (Lipinski definition) is 2. The van der Waals surface area contributed by atoms with Crippen molar-refractivity contribution in [1.82, 2.24) is 15.1 Å². The second-order valence-corrected chi connectivity index (χ2v) is 7.08. The van der Waals surface area contributed by atoms with E-state index in [0.29, 0.717) is 28.9 Å². The van der Waals surface area contributed by atoms with Gasteiger partial charge in [0.05, 0.1) is 0 Å². The lowest BCUT2D eigenvalue weighted by molar-refractivity contribution is -0.136. The van der Waals surface area contributed by atoms with Crippen LogP contribution in [-0.2, 0) is 22.7 Å². The Labute approximate surface area is 169 Å². The van der Waals surface area contributed by atoms with Gasteiger partial charge in [-0.1, -0.05) is 12.1 Å². The van der Waals surface area contributed by atoms with Crippen molar-refractivity contribution in [2.45, 2.75) is 13.1 Å². The summed E-state index contributed by atoms with van der Waals surface area (Å²) in [4.78, 5) is 39.5. The van der Waals surface area contributed by atoms with Crippen molar-refractivity contribution in [3.8, 4) is 0 Å². The van der Waals surface area contributed by atoms with E-state index in [0.717, 1.165) is 0 Å². The number of anilines is 1. The SMILES string of the molecule is CN(C)Cc1cc(CNC(=O)C(=O)Nc2cccc(C(=O)N(C)C)c2)ccc1F. The van der Waals surface area contributed by atoms with Gasteiger partial charge < -0.3 is 20.4 Å². The van der Waals surface area contributed by atoms with Gasteiger partial charge >= 0.3 is 11.8 Å². The summed E-state index contributed by atoms with van der Waals surface area (Å²) in [5.41, 5.74) is 1.93. The van der Waals surface area contributed by atoms with E-state index in [2.05, 4.69) is 10.6 Å². The fourth-order valence-corrected chi connectivity index (χ4v) is 2.64. The zero-order valence-electron chi connectivity index (χ0n) is 17.0.